The quantitative estimate of drug-likeness (QED) is 0.770. The van der Waals surface area contributed by atoms with Crippen LogP contribution in [-0.2, 0) is 9.47 Å². The molecule has 1 unspecified atom stereocenters. The Morgan fingerprint density at radius 1 is 0.810 bits per heavy atom. The van der Waals surface area contributed by atoms with Gasteiger partial charge >= 0.3 is 0 Å². The fraction of sp³-hybridized carbons (Fsp3) is 1.00. The molecule has 1 atom stereocenters. The van der Waals surface area contributed by atoms with E-state index in [4.69, 9.17) is 9.47 Å². The minimum atomic E-state index is 0.264. The van der Waals surface area contributed by atoms with Gasteiger partial charge in [0.15, 0.2) is 0 Å². The number of rotatable bonds is 3. The zero-order valence-electron chi connectivity index (χ0n) is 13.9. The largest absolute Gasteiger partial charge is 0.379 e. The van der Waals surface area contributed by atoms with Gasteiger partial charge in [-0.3, -0.25) is 14.7 Å². The summed E-state index contributed by atoms with van der Waals surface area (Å²) in [5.74, 6) is 0. The fourth-order valence-electron chi connectivity index (χ4n) is 3.95. The molecule has 3 heterocycles. The second-order valence-corrected chi connectivity index (χ2v) is 7.43. The molecule has 0 amide bonds. The highest BCUT2D eigenvalue weighted by Gasteiger charge is 2.45. The second kappa shape index (κ2) is 6.50. The molecule has 5 heteroatoms. The summed E-state index contributed by atoms with van der Waals surface area (Å²) in [6, 6.07) is 0.654. The number of likely N-dealkylation sites (tertiary alicyclic amines) is 1. The van der Waals surface area contributed by atoms with Crippen molar-refractivity contribution in [1.29, 1.82) is 0 Å². The SMILES string of the molecule is CC(C)(C)N1CCC1C(N1CCOCC1)N1CCOCC1. The summed E-state index contributed by atoms with van der Waals surface area (Å²) in [5.41, 5.74) is 0.264. The lowest BCUT2D eigenvalue weighted by Gasteiger charge is -2.57. The normalized spacial score (nSPS) is 30.6. The number of hydrogen-bond donors (Lipinski definition) is 0. The Morgan fingerprint density at radius 2 is 1.29 bits per heavy atom. The molecule has 0 aromatic rings. The van der Waals surface area contributed by atoms with E-state index in [-0.39, 0.29) is 5.54 Å². The molecule has 3 aliphatic heterocycles. The highest BCUT2D eigenvalue weighted by Crippen LogP contribution is 2.33. The maximum atomic E-state index is 5.56. The number of ether oxygens (including phenoxy) is 2. The van der Waals surface area contributed by atoms with Crippen molar-refractivity contribution in [1.82, 2.24) is 14.7 Å². The van der Waals surface area contributed by atoms with Crippen LogP contribution < -0.4 is 0 Å². The van der Waals surface area contributed by atoms with E-state index in [1.807, 2.05) is 0 Å². The summed E-state index contributed by atoms with van der Waals surface area (Å²) in [6.07, 6.45) is 1.85. The van der Waals surface area contributed by atoms with Crippen molar-refractivity contribution in [3.8, 4) is 0 Å². The summed E-state index contributed by atoms with van der Waals surface area (Å²) in [5, 5.41) is 0. The first-order valence-corrected chi connectivity index (χ1v) is 8.48. The van der Waals surface area contributed by atoms with E-state index in [0.717, 1.165) is 52.6 Å². The van der Waals surface area contributed by atoms with Gasteiger partial charge in [-0.2, -0.15) is 0 Å². The van der Waals surface area contributed by atoms with Crippen LogP contribution in [0.1, 0.15) is 27.2 Å². The average molecular weight is 297 g/mol. The van der Waals surface area contributed by atoms with E-state index in [9.17, 15) is 0 Å². The predicted octanol–water partition coefficient (Wildman–Crippen LogP) is 0.850. The molecule has 0 radical (unpaired) electrons. The van der Waals surface area contributed by atoms with Crippen LogP contribution in [0.15, 0.2) is 0 Å². The molecule has 21 heavy (non-hydrogen) atoms. The molecule has 0 aromatic heterocycles. The van der Waals surface area contributed by atoms with Crippen molar-refractivity contribution in [2.24, 2.45) is 0 Å². The van der Waals surface area contributed by atoms with Crippen LogP contribution in [-0.4, -0.2) is 91.6 Å². The Morgan fingerprint density at radius 3 is 1.62 bits per heavy atom. The van der Waals surface area contributed by atoms with Crippen molar-refractivity contribution >= 4 is 0 Å². The van der Waals surface area contributed by atoms with Crippen LogP contribution in [0, 0.1) is 0 Å². The lowest BCUT2D eigenvalue weighted by molar-refractivity contribution is -0.135. The molecule has 5 nitrogen and oxygen atoms in total. The molecule has 0 bridgehead atoms. The minimum absolute atomic E-state index is 0.264. The Hall–Kier alpha value is -0.200. The molecule has 0 aliphatic carbocycles. The molecular formula is C16H31N3O2. The molecule has 3 rings (SSSR count). The summed E-state index contributed by atoms with van der Waals surface area (Å²) in [4.78, 5) is 7.98. The molecule has 0 saturated carbocycles. The first-order valence-electron chi connectivity index (χ1n) is 8.48. The predicted molar refractivity (Wildman–Crippen MR) is 83.4 cm³/mol. The Bertz CT molecular complexity index is 315. The summed E-state index contributed by atoms with van der Waals surface area (Å²) in [6.45, 7) is 16.0. The smallest absolute Gasteiger partial charge is 0.0786 e. The molecule has 0 spiro atoms. The molecule has 3 aliphatic rings. The van der Waals surface area contributed by atoms with Gasteiger partial charge in [-0.15, -0.1) is 0 Å². The zero-order valence-corrected chi connectivity index (χ0v) is 13.9. The lowest BCUT2D eigenvalue weighted by Crippen LogP contribution is -2.70. The third-order valence-corrected chi connectivity index (χ3v) is 5.11. The van der Waals surface area contributed by atoms with Gasteiger partial charge in [0.25, 0.3) is 0 Å². The van der Waals surface area contributed by atoms with Gasteiger partial charge in [-0.05, 0) is 27.2 Å². The van der Waals surface area contributed by atoms with Crippen molar-refractivity contribution in [3.05, 3.63) is 0 Å². The van der Waals surface area contributed by atoms with Gasteiger partial charge in [0, 0.05) is 44.3 Å². The van der Waals surface area contributed by atoms with Crippen molar-refractivity contribution in [2.75, 3.05) is 59.2 Å². The molecular weight excluding hydrogens is 266 g/mol. The van der Waals surface area contributed by atoms with Crippen LogP contribution in [0.4, 0.5) is 0 Å². The first kappa shape index (κ1) is 15.7. The molecule has 3 fully saturated rings. The standard InChI is InChI=1S/C16H31N3O2/c1-16(2,3)19-5-4-14(19)15(17-6-10-20-11-7-17)18-8-12-21-13-9-18/h14-15H,4-13H2,1-3H3. The van der Waals surface area contributed by atoms with Gasteiger partial charge < -0.3 is 9.47 Å². The van der Waals surface area contributed by atoms with Gasteiger partial charge in [-0.1, -0.05) is 0 Å². The highest BCUT2D eigenvalue weighted by molar-refractivity contribution is 4.99. The van der Waals surface area contributed by atoms with Gasteiger partial charge in [-0.25, -0.2) is 0 Å². The third-order valence-electron chi connectivity index (χ3n) is 5.11. The maximum Gasteiger partial charge on any atom is 0.0786 e. The number of nitrogens with zero attached hydrogens (tertiary/aromatic N) is 3. The van der Waals surface area contributed by atoms with Crippen LogP contribution in [0.2, 0.25) is 0 Å². The topological polar surface area (TPSA) is 28.2 Å². The van der Waals surface area contributed by atoms with E-state index in [0.29, 0.717) is 12.2 Å². The Balaban J connectivity index is 1.74. The maximum absolute atomic E-state index is 5.56. The van der Waals surface area contributed by atoms with Crippen LogP contribution >= 0.6 is 0 Å². The van der Waals surface area contributed by atoms with Crippen molar-refractivity contribution in [2.45, 2.75) is 44.9 Å². The Labute approximate surface area is 129 Å². The molecule has 122 valence electrons. The van der Waals surface area contributed by atoms with E-state index in [1.54, 1.807) is 0 Å². The van der Waals surface area contributed by atoms with Gasteiger partial charge in [0.05, 0.1) is 32.6 Å². The van der Waals surface area contributed by atoms with E-state index >= 15 is 0 Å². The van der Waals surface area contributed by atoms with E-state index in [1.165, 1.54) is 13.0 Å². The first-order chi connectivity index (χ1) is 10.1. The molecule has 0 N–H and O–H groups in total. The summed E-state index contributed by atoms with van der Waals surface area (Å²) >= 11 is 0. The van der Waals surface area contributed by atoms with Crippen LogP contribution in [0.3, 0.4) is 0 Å². The Kier molecular flexibility index (Phi) is 4.86. The van der Waals surface area contributed by atoms with Gasteiger partial charge in [0.1, 0.15) is 0 Å². The average Bonchev–Trinajstić information content (AvgIpc) is 2.43. The van der Waals surface area contributed by atoms with Crippen molar-refractivity contribution in [3.63, 3.8) is 0 Å². The number of hydrogen-bond acceptors (Lipinski definition) is 5. The molecule has 0 aromatic carbocycles. The summed E-state index contributed by atoms with van der Waals surface area (Å²) < 4.78 is 11.1. The summed E-state index contributed by atoms with van der Waals surface area (Å²) in [7, 11) is 0. The minimum Gasteiger partial charge on any atom is -0.379 e. The van der Waals surface area contributed by atoms with Crippen LogP contribution in [0.5, 0.6) is 0 Å². The van der Waals surface area contributed by atoms with Crippen LogP contribution in [0.25, 0.3) is 0 Å². The molecule has 3 saturated heterocycles. The van der Waals surface area contributed by atoms with Crippen molar-refractivity contribution < 1.29 is 9.47 Å². The fourth-order valence-corrected chi connectivity index (χ4v) is 3.95. The number of morpholine rings is 2. The monoisotopic (exact) mass is 297 g/mol. The zero-order chi connectivity index (χ0) is 14.9. The lowest BCUT2D eigenvalue weighted by atomic mass is 9.90. The van der Waals surface area contributed by atoms with Gasteiger partial charge in [0.2, 0.25) is 0 Å². The van der Waals surface area contributed by atoms with E-state index < -0.39 is 0 Å². The second-order valence-electron chi connectivity index (χ2n) is 7.43. The van der Waals surface area contributed by atoms with E-state index in [2.05, 4.69) is 35.5 Å². The third kappa shape index (κ3) is 3.42. The highest BCUT2D eigenvalue weighted by atomic mass is 16.5.